The molecule has 3 amide bonds. The average molecular weight is 2040 g/mol. The lowest BCUT2D eigenvalue weighted by atomic mass is 9.79. The van der Waals surface area contributed by atoms with Crippen molar-refractivity contribution >= 4 is 40.3 Å². The van der Waals surface area contributed by atoms with E-state index in [1.807, 2.05) is 170 Å². The van der Waals surface area contributed by atoms with Gasteiger partial charge in [0.05, 0.1) is 109 Å². The SMILES string of the molecule is CCCCCCCCCCCCCC[C@@H](OCc1ccccc1)[C@@H](OCc1ccccc1)[C@H](CO[C@H]1OC(COCc2ccccc2)[C@H](C)[C@H](C)C1C)NC(=O)CCCCCCCCCC(=O)c1ccccc1.CCCCCCCCCCCCCC[C@@H](OCc1ccccc1)[C@@H](OCc1ccccc1)[C@H](CO[C@H]1OC(COCc2ccccc2)[C@H](C)[C@H](C)C1C)NC(=O)CNC(=O)C(F)(F)F.O=C(Cl)c1ccccc1. The van der Waals surface area contributed by atoms with Crippen molar-refractivity contribution in [2.45, 2.75) is 387 Å². The van der Waals surface area contributed by atoms with Crippen LogP contribution in [0.25, 0.3) is 0 Å². The summed E-state index contributed by atoms with van der Waals surface area (Å²) in [5.74, 6) is -1.77. The van der Waals surface area contributed by atoms with Crippen molar-refractivity contribution in [1.82, 2.24) is 16.0 Å². The zero-order valence-corrected chi connectivity index (χ0v) is 89.8. The number of carbonyl (C=O) groups is 5. The Balaban J connectivity index is 0.000000329. The minimum atomic E-state index is -5.14. The number of halogens is 4. The molecule has 8 aromatic carbocycles. The molecule has 16 atom stereocenters. The predicted molar refractivity (Wildman–Crippen MR) is 580 cm³/mol. The second kappa shape index (κ2) is 74.2. The normalized spacial score (nSPS) is 19.0. The number of amides is 3. The molecule has 146 heavy (non-hydrogen) atoms. The van der Waals surface area contributed by atoms with Crippen molar-refractivity contribution in [3.8, 4) is 0 Å². The van der Waals surface area contributed by atoms with Gasteiger partial charge >= 0.3 is 12.1 Å². The van der Waals surface area contributed by atoms with Gasteiger partial charge in [0, 0.05) is 35.8 Å². The first kappa shape index (κ1) is 122. The molecule has 0 spiro atoms. The highest BCUT2D eigenvalue weighted by molar-refractivity contribution is 6.67. The lowest BCUT2D eigenvalue weighted by Gasteiger charge is -2.44. The summed E-state index contributed by atoms with van der Waals surface area (Å²) in [6.45, 7) is 19.9. The molecule has 8 aromatic rings. The second-order valence-electron chi connectivity index (χ2n) is 40.4. The van der Waals surface area contributed by atoms with Crippen molar-refractivity contribution < 1.29 is 84.5 Å². The molecule has 2 fully saturated rings. The Labute approximate surface area is 878 Å². The molecule has 0 aromatic heterocycles. The smallest absolute Gasteiger partial charge is 0.374 e. The van der Waals surface area contributed by atoms with E-state index in [-0.39, 0.29) is 86.0 Å². The molecule has 2 heterocycles. The number of ether oxygens (including phenoxy) is 10. The first-order valence-electron chi connectivity index (χ1n) is 55.2. The first-order chi connectivity index (χ1) is 71.1. The second-order valence-corrected chi connectivity index (χ2v) is 40.7. The van der Waals surface area contributed by atoms with Crippen LogP contribution >= 0.6 is 11.6 Å². The molecule has 0 aliphatic carbocycles. The van der Waals surface area contributed by atoms with Crippen LogP contribution in [0.5, 0.6) is 0 Å². The van der Waals surface area contributed by atoms with Crippen LogP contribution in [0.15, 0.2) is 243 Å². The van der Waals surface area contributed by atoms with Crippen molar-refractivity contribution in [2.24, 2.45) is 35.5 Å². The van der Waals surface area contributed by atoms with Crippen LogP contribution < -0.4 is 16.0 Å². The van der Waals surface area contributed by atoms with Gasteiger partial charge in [-0.05, 0) is 94.3 Å². The fraction of sp³-hybridized carbons (Fsp3) is 0.573. The number of alkyl halides is 3. The van der Waals surface area contributed by atoms with Gasteiger partial charge in [-0.25, -0.2) is 0 Å². The summed E-state index contributed by atoms with van der Waals surface area (Å²) in [5, 5.41) is 7.67. The van der Waals surface area contributed by atoms with Crippen LogP contribution in [-0.2, 0) is 101 Å². The van der Waals surface area contributed by atoms with Crippen molar-refractivity contribution in [3.63, 3.8) is 0 Å². The fourth-order valence-electron chi connectivity index (χ4n) is 19.0. The molecule has 22 heteroatoms. The molecule has 2 aliphatic rings. The zero-order chi connectivity index (χ0) is 104. The molecule has 3 N–H and O–H groups in total. The van der Waals surface area contributed by atoms with Crippen LogP contribution in [0.4, 0.5) is 13.2 Å². The summed E-state index contributed by atoms with van der Waals surface area (Å²) in [5.41, 5.74) is 7.56. The quantitative estimate of drug-likeness (QED) is 0.0184. The van der Waals surface area contributed by atoms with E-state index in [0.29, 0.717) is 70.4 Å². The lowest BCUT2D eigenvalue weighted by Crippen LogP contribution is -2.56. The van der Waals surface area contributed by atoms with Crippen LogP contribution in [0, 0.1) is 35.5 Å². The van der Waals surface area contributed by atoms with E-state index in [1.54, 1.807) is 29.6 Å². The van der Waals surface area contributed by atoms with E-state index in [0.717, 1.165) is 129 Å². The highest BCUT2D eigenvalue weighted by atomic mass is 35.5. The molecule has 2 saturated heterocycles. The maximum atomic E-state index is 14.2. The molecule has 0 bridgehead atoms. The van der Waals surface area contributed by atoms with Crippen LogP contribution in [-0.4, -0.2) is 129 Å². The van der Waals surface area contributed by atoms with E-state index in [9.17, 15) is 37.1 Å². The Morgan fingerprint density at radius 2 is 0.610 bits per heavy atom. The number of carbonyl (C=O) groups excluding carboxylic acids is 5. The number of benzene rings is 8. The van der Waals surface area contributed by atoms with Gasteiger partial charge in [-0.3, -0.25) is 24.0 Å². The summed E-state index contributed by atoms with van der Waals surface area (Å²) >= 11 is 5.16. The molecule has 2 aliphatic heterocycles. The molecule has 18 nitrogen and oxygen atoms in total. The van der Waals surface area contributed by atoms with Gasteiger partial charge in [-0.2, -0.15) is 13.2 Å². The molecule has 0 saturated carbocycles. The fourth-order valence-corrected chi connectivity index (χ4v) is 19.1. The van der Waals surface area contributed by atoms with Gasteiger partial charge < -0.3 is 63.3 Å². The Hall–Kier alpha value is -8.81. The van der Waals surface area contributed by atoms with Crippen LogP contribution in [0.2, 0.25) is 0 Å². The highest BCUT2D eigenvalue weighted by Crippen LogP contribution is 2.39. The Kier molecular flexibility index (Phi) is 62.2. The number of rotatable bonds is 72. The number of Topliss-reactive ketones (excluding diaryl/α,β-unsaturated/α-hetero) is 1. The van der Waals surface area contributed by atoms with Gasteiger partial charge in [-0.15, -0.1) is 0 Å². The van der Waals surface area contributed by atoms with Crippen LogP contribution in [0.3, 0.4) is 0 Å². The maximum absolute atomic E-state index is 14.2. The maximum Gasteiger partial charge on any atom is 0.471 e. The Bertz CT molecular complexity index is 4660. The van der Waals surface area contributed by atoms with E-state index in [4.69, 9.17) is 59.0 Å². The summed E-state index contributed by atoms with van der Waals surface area (Å²) in [4.78, 5) is 62.5. The van der Waals surface area contributed by atoms with E-state index >= 15 is 0 Å². The van der Waals surface area contributed by atoms with E-state index in [1.165, 1.54) is 116 Å². The number of ketones is 1. The number of nitrogens with one attached hydrogen (secondary N) is 3. The zero-order valence-electron chi connectivity index (χ0n) is 89.0. The summed E-state index contributed by atoms with van der Waals surface area (Å²) in [6, 6.07) is 77.2. The first-order valence-corrected chi connectivity index (χ1v) is 55.6. The third kappa shape index (κ3) is 50.2. The topological polar surface area (TPSA) is 214 Å². The lowest BCUT2D eigenvalue weighted by molar-refractivity contribution is -0.262. The molecule has 804 valence electrons. The minimum Gasteiger partial charge on any atom is -0.374 e. The number of hydrogen-bond donors (Lipinski definition) is 3. The number of hydrogen-bond acceptors (Lipinski definition) is 15. The van der Waals surface area contributed by atoms with Gasteiger partial charge in [0.2, 0.25) is 11.8 Å². The summed E-state index contributed by atoms with van der Waals surface area (Å²) in [6.07, 6.45) is 30.2. The molecular weight excluding hydrogens is 1860 g/mol. The van der Waals surface area contributed by atoms with Gasteiger partial charge in [0.15, 0.2) is 18.4 Å². The standard InChI is InChI=1S/C65H95NO7.C52H75F3N2O7.C7H5ClO/c1-5-6-7-8-9-10-11-12-13-16-19-34-45-61(70-48-56-38-27-22-28-39-56)64(71-49-57-40-29-23-30-41-57)59(66-63(68)46-35-20-17-14-15-18-33-44-60(67)58-42-31-24-32-43-58)50-72-65-54(4)52(2)53(3)62(73-65)51-69-47-55-36-25-21-26-37-55;1-5-6-7-8-9-10-11-12-13-14-15-25-32-46(61-35-43-28-21-17-22-29-43)49(62-36-44-30-23-18-24-31-44)45(57-48(58)33-56-51(59)52(53,54)55)37-63-50-41(4)39(2)40(3)47(64-50)38-60-34-42-26-19-16-20-27-42;8-7(9)6-4-2-1-3-5-6/h21-32,36-43,52-54,59,61-62,64-65H,5-20,33-35,44-51H2,1-4H3,(H,66,68);16-24,26-31,39-41,45-47,49-50H,5-15,25,32-38H2,1-4H3,(H,56,59)(H,57,58);1-5H/t52-,53+,54?,59-,61+,62?,64-,65-;39-,40+,41?,45-,46+,47?,49-,50-;/m00./s1. The molecule has 0 radical (unpaired) electrons. The minimum absolute atomic E-state index is 0.000276. The van der Waals surface area contributed by atoms with Crippen molar-refractivity contribution in [2.75, 3.05) is 33.0 Å². The Morgan fingerprint density at radius 1 is 0.329 bits per heavy atom. The Morgan fingerprint density at radius 3 is 0.925 bits per heavy atom. The summed E-state index contributed by atoms with van der Waals surface area (Å²) in [7, 11) is 0. The van der Waals surface area contributed by atoms with E-state index in [2.05, 4.69) is 115 Å². The van der Waals surface area contributed by atoms with Crippen molar-refractivity contribution in [1.29, 1.82) is 0 Å². The largest absolute Gasteiger partial charge is 0.471 e. The van der Waals surface area contributed by atoms with Gasteiger partial charge in [0.25, 0.3) is 5.24 Å². The van der Waals surface area contributed by atoms with E-state index < -0.39 is 72.8 Å². The monoisotopic (exact) mass is 2040 g/mol. The number of unbranched alkanes of at least 4 members (excludes halogenated alkanes) is 28. The molecule has 10 rings (SSSR count). The predicted octanol–water partition coefficient (Wildman–Crippen LogP) is 29.3. The molecule has 4 unspecified atom stereocenters. The third-order valence-electron chi connectivity index (χ3n) is 28.8. The average Bonchev–Trinajstić information content (AvgIpc) is 0.812. The van der Waals surface area contributed by atoms with Crippen molar-refractivity contribution in [3.05, 3.63) is 287 Å². The van der Waals surface area contributed by atoms with Gasteiger partial charge in [-0.1, -0.05) is 484 Å². The summed E-state index contributed by atoms with van der Waals surface area (Å²) < 4.78 is 106. The van der Waals surface area contributed by atoms with Crippen LogP contribution in [0.1, 0.15) is 334 Å². The highest BCUT2D eigenvalue weighted by Gasteiger charge is 2.45. The third-order valence-corrected chi connectivity index (χ3v) is 29.0. The van der Waals surface area contributed by atoms with Gasteiger partial charge in [0.1, 0.15) is 12.2 Å². The molecular formula is C124H175ClF3N3O15.